The molecule has 3 heterocycles. The van der Waals surface area contributed by atoms with E-state index in [1.165, 1.54) is 33.4 Å². The van der Waals surface area contributed by atoms with Crippen molar-refractivity contribution in [3.8, 4) is 23.0 Å². The van der Waals surface area contributed by atoms with Gasteiger partial charge in [0.25, 0.3) is 6.71 Å². The van der Waals surface area contributed by atoms with Crippen molar-refractivity contribution >= 4 is 40.2 Å². The highest BCUT2D eigenvalue weighted by Gasteiger charge is 2.40. The summed E-state index contributed by atoms with van der Waals surface area (Å²) < 4.78 is 12.7. The number of fused-ring (bicyclic) bond motifs is 6. The molecule has 0 aromatic heterocycles. The molecule has 0 saturated heterocycles. The van der Waals surface area contributed by atoms with E-state index in [2.05, 4.69) is 89.8 Å². The Kier molecular flexibility index (Phi) is 3.80. The summed E-state index contributed by atoms with van der Waals surface area (Å²) in [5.41, 5.74) is 9.72. The molecule has 0 radical (unpaired) electrons. The predicted molar refractivity (Wildman–Crippen MR) is 142 cm³/mol. The van der Waals surface area contributed by atoms with E-state index >= 15 is 0 Å². The molecule has 164 valence electrons. The van der Waals surface area contributed by atoms with E-state index in [1.54, 1.807) is 0 Å². The molecule has 0 bridgehead atoms. The van der Waals surface area contributed by atoms with Crippen LogP contribution in [0.15, 0.2) is 109 Å². The minimum atomic E-state index is 0.0603. The smallest absolute Gasteiger partial charge is 0.260 e. The molecule has 5 aromatic rings. The van der Waals surface area contributed by atoms with Crippen LogP contribution in [0.25, 0.3) is 0 Å². The molecule has 3 nitrogen and oxygen atoms in total. The molecule has 0 atom stereocenters. The largest absolute Gasteiger partial charge is 0.458 e. The van der Waals surface area contributed by atoms with Crippen molar-refractivity contribution in [3.63, 3.8) is 0 Å². The summed E-state index contributed by atoms with van der Waals surface area (Å²) in [5, 5.41) is 0. The number of hydrogen-bond acceptors (Lipinski definition) is 3. The SMILES string of the molecule is c1ccc2c(c1)Cc1ccccc1N2c1ccc2c(c1)B1c3ccccc3Oc3cccc(c31)O2. The number of ether oxygens (including phenoxy) is 2. The molecule has 5 aromatic carbocycles. The van der Waals surface area contributed by atoms with Gasteiger partial charge in [0.15, 0.2) is 0 Å². The second-order valence-corrected chi connectivity index (χ2v) is 9.33. The Morgan fingerprint density at radius 3 is 1.89 bits per heavy atom. The maximum Gasteiger partial charge on any atom is 0.260 e. The zero-order valence-corrected chi connectivity index (χ0v) is 18.9. The minimum absolute atomic E-state index is 0.0603. The molecule has 0 N–H and O–H groups in total. The predicted octanol–water partition coefficient (Wildman–Crippen LogP) is 5.79. The molecule has 0 saturated carbocycles. The maximum atomic E-state index is 6.42. The standard InChI is InChI=1S/C31H20BNO2/c1-4-11-25-20(8-1)18-21-9-2-5-12-26(21)33(25)22-16-17-28-24(19-22)32-23-10-3-6-13-27(23)34-29-14-7-15-30(35-28)31(29)32/h1-17,19H,18H2. The van der Waals surface area contributed by atoms with Crippen LogP contribution in [-0.2, 0) is 6.42 Å². The lowest BCUT2D eigenvalue weighted by molar-refractivity contribution is 0.464. The Morgan fingerprint density at radius 2 is 1.14 bits per heavy atom. The van der Waals surface area contributed by atoms with Gasteiger partial charge in [0.05, 0.1) is 0 Å². The number of nitrogens with zero attached hydrogens (tertiary/aromatic N) is 1. The van der Waals surface area contributed by atoms with E-state index in [-0.39, 0.29) is 6.71 Å². The molecule has 0 aliphatic carbocycles. The van der Waals surface area contributed by atoms with Crippen LogP contribution in [0, 0.1) is 0 Å². The first-order valence-electron chi connectivity index (χ1n) is 12.0. The molecular formula is C31H20BNO2. The monoisotopic (exact) mass is 449 g/mol. The zero-order valence-electron chi connectivity index (χ0n) is 18.9. The van der Waals surface area contributed by atoms with E-state index < -0.39 is 0 Å². The molecule has 3 aliphatic rings. The molecule has 35 heavy (non-hydrogen) atoms. The average Bonchev–Trinajstić information content (AvgIpc) is 2.91. The fourth-order valence-electron chi connectivity index (χ4n) is 5.88. The van der Waals surface area contributed by atoms with Gasteiger partial charge in [0.1, 0.15) is 23.0 Å². The summed E-state index contributed by atoms with van der Waals surface area (Å²) in [6.45, 7) is 0.0603. The van der Waals surface area contributed by atoms with E-state index in [4.69, 9.17) is 9.47 Å². The summed E-state index contributed by atoms with van der Waals surface area (Å²) in [7, 11) is 0. The van der Waals surface area contributed by atoms with Crippen molar-refractivity contribution in [2.45, 2.75) is 6.42 Å². The fourth-order valence-corrected chi connectivity index (χ4v) is 5.88. The number of benzene rings is 5. The van der Waals surface area contributed by atoms with Crippen LogP contribution in [0.3, 0.4) is 0 Å². The highest BCUT2D eigenvalue weighted by Crippen LogP contribution is 2.44. The van der Waals surface area contributed by atoms with Crippen LogP contribution in [0.1, 0.15) is 11.1 Å². The van der Waals surface area contributed by atoms with E-state index in [0.717, 1.165) is 40.6 Å². The average molecular weight is 449 g/mol. The molecule has 0 fully saturated rings. The van der Waals surface area contributed by atoms with Crippen LogP contribution in [0.4, 0.5) is 17.1 Å². The van der Waals surface area contributed by atoms with Crippen molar-refractivity contribution in [1.82, 2.24) is 0 Å². The topological polar surface area (TPSA) is 21.7 Å². The summed E-state index contributed by atoms with van der Waals surface area (Å²) in [6, 6.07) is 38.4. The number of para-hydroxylation sites is 3. The van der Waals surface area contributed by atoms with Gasteiger partial charge < -0.3 is 14.4 Å². The van der Waals surface area contributed by atoms with Crippen LogP contribution in [-0.4, -0.2) is 6.71 Å². The highest BCUT2D eigenvalue weighted by molar-refractivity contribution is 6.98. The molecule has 0 amide bonds. The number of rotatable bonds is 1. The Labute approximate surface area is 204 Å². The fraction of sp³-hybridized carbons (Fsp3) is 0.0323. The summed E-state index contributed by atoms with van der Waals surface area (Å²) in [6.07, 6.45) is 0.945. The maximum absolute atomic E-state index is 6.42. The van der Waals surface area contributed by atoms with Gasteiger partial charge >= 0.3 is 0 Å². The Morgan fingerprint density at radius 1 is 0.543 bits per heavy atom. The van der Waals surface area contributed by atoms with Crippen molar-refractivity contribution in [3.05, 3.63) is 120 Å². The lowest BCUT2D eigenvalue weighted by atomic mass is 9.35. The molecule has 8 rings (SSSR count). The van der Waals surface area contributed by atoms with Crippen molar-refractivity contribution in [1.29, 1.82) is 0 Å². The summed E-state index contributed by atoms with van der Waals surface area (Å²) in [5.74, 6) is 3.56. The minimum Gasteiger partial charge on any atom is -0.458 e. The molecule has 3 aliphatic heterocycles. The second kappa shape index (κ2) is 7.03. The van der Waals surface area contributed by atoms with E-state index in [9.17, 15) is 0 Å². The first-order chi connectivity index (χ1) is 17.3. The quantitative estimate of drug-likeness (QED) is 0.296. The van der Waals surface area contributed by atoms with Gasteiger partial charge in [0.2, 0.25) is 0 Å². The number of anilines is 3. The van der Waals surface area contributed by atoms with Gasteiger partial charge in [-0.2, -0.15) is 0 Å². The van der Waals surface area contributed by atoms with E-state index in [1.807, 2.05) is 24.3 Å². The molecule has 0 unspecified atom stereocenters. The van der Waals surface area contributed by atoms with Gasteiger partial charge in [0, 0.05) is 28.9 Å². The zero-order chi connectivity index (χ0) is 22.9. The third kappa shape index (κ3) is 2.68. The Bertz CT molecular complexity index is 1600. The Hall–Kier alpha value is -4.44. The van der Waals surface area contributed by atoms with Crippen LogP contribution >= 0.6 is 0 Å². The van der Waals surface area contributed by atoms with Crippen molar-refractivity contribution in [2.75, 3.05) is 4.90 Å². The van der Waals surface area contributed by atoms with Gasteiger partial charge in [-0.15, -0.1) is 0 Å². The first-order valence-corrected chi connectivity index (χ1v) is 12.0. The van der Waals surface area contributed by atoms with E-state index in [0.29, 0.717) is 0 Å². The van der Waals surface area contributed by atoms with Gasteiger partial charge in [-0.25, -0.2) is 0 Å². The molecular weight excluding hydrogens is 429 g/mol. The summed E-state index contributed by atoms with van der Waals surface area (Å²) in [4.78, 5) is 2.39. The lowest BCUT2D eigenvalue weighted by Gasteiger charge is -2.36. The van der Waals surface area contributed by atoms with Gasteiger partial charge in [-0.3, -0.25) is 0 Å². The summed E-state index contributed by atoms with van der Waals surface area (Å²) >= 11 is 0. The van der Waals surface area contributed by atoms with Crippen LogP contribution < -0.4 is 30.8 Å². The van der Waals surface area contributed by atoms with Crippen LogP contribution in [0.5, 0.6) is 23.0 Å². The third-order valence-electron chi connectivity index (χ3n) is 7.39. The third-order valence-corrected chi connectivity index (χ3v) is 7.39. The molecule has 4 heteroatoms. The normalized spacial score (nSPS) is 13.9. The number of hydrogen-bond donors (Lipinski definition) is 0. The van der Waals surface area contributed by atoms with Crippen molar-refractivity contribution in [2.24, 2.45) is 0 Å². The highest BCUT2D eigenvalue weighted by atomic mass is 16.5. The first kappa shape index (κ1) is 18.9. The van der Waals surface area contributed by atoms with Gasteiger partial charge in [-0.05, 0) is 70.6 Å². The lowest BCUT2D eigenvalue weighted by Crippen LogP contribution is -2.57. The van der Waals surface area contributed by atoms with Crippen LogP contribution in [0.2, 0.25) is 0 Å². The van der Waals surface area contributed by atoms with Crippen molar-refractivity contribution < 1.29 is 9.47 Å². The molecule has 0 spiro atoms. The van der Waals surface area contributed by atoms with Gasteiger partial charge in [-0.1, -0.05) is 60.7 Å². The Balaban J connectivity index is 1.36. The second-order valence-electron chi connectivity index (χ2n) is 9.33.